The average molecular weight is 279 g/mol. The molecule has 0 saturated heterocycles. The highest BCUT2D eigenvalue weighted by Gasteiger charge is 2.46. The molecule has 0 aromatic heterocycles. The number of rotatable bonds is 2. The fourth-order valence-corrected chi connectivity index (χ4v) is 2.56. The molecule has 0 radical (unpaired) electrons. The summed E-state index contributed by atoms with van der Waals surface area (Å²) in [5, 5.41) is 3.33. The molecule has 4 heteroatoms. The van der Waals surface area contributed by atoms with Gasteiger partial charge in [0.05, 0.1) is 5.02 Å². The fraction of sp³-hybridized carbons (Fsp3) is 0.400. The number of hydrogen-bond donors (Lipinski definition) is 1. The van der Waals surface area contributed by atoms with Crippen molar-refractivity contribution in [3.05, 3.63) is 33.0 Å². The Morgan fingerprint density at radius 2 is 2.14 bits per heavy atom. The van der Waals surface area contributed by atoms with Crippen molar-refractivity contribution >= 4 is 27.5 Å². The van der Waals surface area contributed by atoms with Crippen LogP contribution in [0.2, 0.25) is 5.02 Å². The minimum atomic E-state index is -0.312. The lowest BCUT2D eigenvalue weighted by Gasteiger charge is -2.17. The molecule has 1 aromatic rings. The van der Waals surface area contributed by atoms with Crippen LogP contribution in [0.1, 0.15) is 18.4 Å². The van der Waals surface area contributed by atoms with Gasteiger partial charge in [-0.25, -0.2) is 4.39 Å². The lowest BCUT2D eigenvalue weighted by atomic mass is 10.0. The average Bonchev–Trinajstić information content (AvgIpc) is 2.93. The van der Waals surface area contributed by atoms with Crippen LogP contribution in [0.15, 0.2) is 16.6 Å². The van der Waals surface area contributed by atoms with Crippen molar-refractivity contribution < 1.29 is 4.39 Å². The van der Waals surface area contributed by atoms with Crippen molar-refractivity contribution in [2.24, 2.45) is 0 Å². The highest BCUT2D eigenvalue weighted by Crippen LogP contribution is 2.49. The van der Waals surface area contributed by atoms with Gasteiger partial charge in [-0.1, -0.05) is 27.5 Å². The molecule has 0 heterocycles. The zero-order valence-corrected chi connectivity index (χ0v) is 10.0. The molecule has 1 nitrogen and oxygen atoms in total. The van der Waals surface area contributed by atoms with Crippen LogP contribution in [0.3, 0.4) is 0 Å². The molecule has 1 aromatic carbocycles. The molecule has 0 bridgehead atoms. The van der Waals surface area contributed by atoms with E-state index in [9.17, 15) is 4.39 Å². The lowest BCUT2D eigenvalue weighted by molar-refractivity contribution is 0.523. The van der Waals surface area contributed by atoms with Crippen LogP contribution < -0.4 is 5.32 Å². The highest BCUT2D eigenvalue weighted by atomic mass is 79.9. The number of halogens is 3. The molecule has 1 N–H and O–H groups in total. The van der Waals surface area contributed by atoms with Gasteiger partial charge in [0.25, 0.3) is 0 Å². The van der Waals surface area contributed by atoms with E-state index >= 15 is 0 Å². The molecule has 0 unspecified atom stereocenters. The van der Waals surface area contributed by atoms with Crippen LogP contribution in [0.5, 0.6) is 0 Å². The number of hydrogen-bond acceptors (Lipinski definition) is 1. The van der Waals surface area contributed by atoms with E-state index in [1.807, 2.05) is 7.05 Å². The molecule has 0 atom stereocenters. The Bertz CT molecular complexity index is 377. The maximum atomic E-state index is 13.8. The van der Waals surface area contributed by atoms with E-state index in [4.69, 9.17) is 11.6 Å². The minimum Gasteiger partial charge on any atom is -0.310 e. The van der Waals surface area contributed by atoms with E-state index in [2.05, 4.69) is 21.2 Å². The van der Waals surface area contributed by atoms with Gasteiger partial charge in [-0.3, -0.25) is 0 Å². The van der Waals surface area contributed by atoms with Gasteiger partial charge < -0.3 is 5.32 Å². The number of nitrogens with one attached hydrogen (secondary N) is 1. The zero-order chi connectivity index (χ0) is 10.3. The summed E-state index contributed by atoms with van der Waals surface area (Å²) in [5.74, 6) is -0.312. The summed E-state index contributed by atoms with van der Waals surface area (Å²) in [5.41, 5.74) is 0.459. The van der Waals surface area contributed by atoms with Crippen molar-refractivity contribution in [3.8, 4) is 0 Å². The molecular weight excluding hydrogens is 268 g/mol. The second-order valence-corrected chi connectivity index (χ2v) is 4.81. The highest BCUT2D eigenvalue weighted by molar-refractivity contribution is 9.10. The van der Waals surface area contributed by atoms with Gasteiger partial charge >= 0.3 is 0 Å². The van der Waals surface area contributed by atoms with E-state index < -0.39 is 0 Å². The van der Waals surface area contributed by atoms with Gasteiger partial charge in [-0.15, -0.1) is 0 Å². The van der Waals surface area contributed by atoms with Gasteiger partial charge in [-0.05, 0) is 32.0 Å². The first kappa shape index (κ1) is 10.4. The third-order valence-electron chi connectivity index (χ3n) is 2.75. The standard InChI is InChI=1S/C10H10BrClFN/c1-14-10(4-5-10)8-6(11)2-3-7(12)9(8)13/h2-3,14H,4-5H2,1H3. The summed E-state index contributed by atoms with van der Waals surface area (Å²) in [6.45, 7) is 0. The molecular formula is C10H10BrClFN. The second-order valence-electron chi connectivity index (χ2n) is 3.55. The Labute approximate surface area is 95.8 Å². The lowest BCUT2D eigenvalue weighted by Crippen LogP contribution is -2.26. The molecule has 76 valence electrons. The fourth-order valence-electron chi connectivity index (χ4n) is 1.72. The predicted octanol–water partition coefficient (Wildman–Crippen LogP) is 3.45. The summed E-state index contributed by atoms with van der Waals surface area (Å²) in [4.78, 5) is 0. The van der Waals surface area contributed by atoms with Crippen molar-refractivity contribution in [2.45, 2.75) is 18.4 Å². The first-order valence-electron chi connectivity index (χ1n) is 4.43. The SMILES string of the molecule is CNC1(c2c(Br)ccc(Cl)c2F)CC1. The smallest absolute Gasteiger partial charge is 0.147 e. The van der Waals surface area contributed by atoms with E-state index in [1.165, 1.54) is 0 Å². The first-order valence-corrected chi connectivity index (χ1v) is 5.61. The van der Waals surface area contributed by atoms with Crippen molar-refractivity contribution in [1.29, 1.82) is 0 Å². The topological polar surface area (TPSA) is 12.0 Å². The zero-order valence-electron chi connectivity index (χ0n) is 7.70. The Morgan fingerprint density at radius 1 is 1.50 bits per heavy atom. The summed E-state index contributed by atoms with van der Waals surface area (Å²) < 4.78 is 14.6. The normalized spacial score (nSPS) is 18.3. The van der Waals surface area contributed by atoms with Gasteiger partial charge in [0.15, 0.2) is 0 Å². The monoisotopic (exact) mass is 277 g/mol. The van der Waals surface area contributed by atoms with Crippen LogP contribution >= 0.6 is 27.5 Å². The quantitative estimate of drug-likeness (QED) is 0.817. The maximum Gasteiger partial charge on any atom is 0.147 e. The molecule has 14 heavy (non-hydrogen) atoms. The molecule has 1 aliphatic rings. The van der Waals surface area contributed by atoms with E-state index in [0.29, 0.717) is 5.56 Å². The van der Waals surface area contributed by atoms with Crippen LogP contribution in [-0.4, -0.2) is 7.05 Å². The Morgan fingerprint density at radius 3 is 2.64 bits per heavy atom. The van der Waals surface area contributed by atoms with E-state index in [1.54, 1.807) is 12.1 Å². The molecule has 1 saturated carbocycles. The molecule has 1 aliphatic carbocycles. The molecule has 0 spiro atoms. The maximum absolute atomic E-state index is 13.8. The second kappa shape index (κ2) is 3.47. The molecule has 1 fully saturated rings. The summed E-state index contributed by atoms with van der Waals surface area (Å²) >= 11 is 9.11. The molecule has 0 amide bonds. The third kappa shape index (κ3) is 1.47. The molecule has 2 rings (SSSR count). The largest absolute Gasteiger partial charge is 0.310 e. The van der Waals surface area contributed by atoms with Crippen molar-refractivity contribution in [1.82, 2.24) is 5.32 Å². The van der Waals surface area contributed by atoms with Crippen molar-refractivity contribution in [2.75, 3.05) is 7.05 Å². The van der Waals surface area contributed by atoms with Crippen LogP contribution in [0.25, 0.3) is 0 Å². The summed E-state index contributed by atoms with van der Waals surface area (Å²) in [6.07, 6.45) is 1.92. The number of benzene rings is 1. The van der Waals surface area contributed by atoms with Crippen LogP contribution in [-0.2, 0) is 5.54 Å². The van der Waals surface area contributed by atoms with Gasteiger partial charge in [0.1, 0.15) is 5.82 Å². The Balaban J connectivity index is 2.57. The van der Waals surface area contributed by atoms with Crippen molar-refractivity contribution in [3.63, 3.8) is 0 Å². The first-order chi connectivity index (χ1) is 6.60. The van der Waals surface area contributed by atoms with Crippen LogP contribution in [0.4, 0.5) is 4.39 Å². The van der Waals surface area contributed by atoms with Gasteiger partial charge in [0, 0.05) is 15.6 Å². The molecule has 0 aliphatic heterocycles. The summed E-state index contributed by atoms with van der Waals surface area (Å²) in [6, 6.07) is 3.36. The predicted molar refractivity (Wildman–Crippen MR) is 59.1 cm³/mol. The van der Waals surface area contributed by atoms with E-state index in [-0.39, 0.29) is 16.4 Å². The minimum absolute atomic E-state index is 0.185. The Hall–Kier alpha value is -0.120. The Kier molecular flexibility index (Phi) is 2.58. The van der Waals surface area contributed by atoms with Gasteiger partial charge in [-0.2, -0.15) is 0 Å². The van der Waals surface area contributed by atoms with E-state index in [0.717, 1.165) is 17.3 Å². The van der Waals surface area contributed by atoms with Crippen LogP contribution in [0, 0.1) is 5.82 Å². The summed E-state index contributed by atoms with van der Waals surface area (Å²) in [7, 11) is 1.85. The van der Waals surface area contributed by atoms with Gasteiger partial charge in [0.2, 0.25) is 0 Å². The third-order valence-corrected chi connectivity index (χ3v) is 3.70.